The van der Waals surface area contributed by atoms with Crippen LogP contribution in [0.3, 0.4) is 0 Å². The van der Waals surface area contributed by atoms with Crippen LogP contribution in [0.25, 0.3) is 10.8 Å². The van der Waals surface area contributed by atoms with Gasteiger partial charge in [-0.1, -0.05) is 30.3 Å². The minimum atomic E-state index is -3.71. The zero-order valence-electron chi connectivity index (χ0n) is 20.2. The Morgan fingerprint density at radius 2 is 1.51 bits per heavy atom. The number of anilines is 2. The molecule has 1 heterocycles. The smallest absolute Gasteiger partial charge is 0.253 e. The number of nitrogens with two attached hydrogens (primary N) is 1. The molecule has 8 heteroatoms. The number of benzene rings is 3. The molecule has 2 N–H and O–H groups in total. The van der Waals surface area contributed by atoms with Gasteiger partial charge in [0, 0.05) is 67.0 Å². The number of hydrogen-bond acceptors (Lipinski definition) is 5. The largest absolute Gasteiger partial charge is 0.399 e. The zero-order valence-corrected chi connectivity index (χ0v) is 21.0. The molecule has 7 nitrogen and oxygen atoms in total. The molecule has 0 bridgehead atoms. The van der Waals surface area contributed by atoms with Crippen molar-refractivity contribution in [3.05, 3.63) is 66.2 Å². The fourth-order valence-electron chi connectivity index (χ4n) is 5.19. The summed E-state index contributed by atoms with van der Waals surface area (Å²) in [5.74, 6) is -0.0538. The molecule has 1 aliphatic heterocycles. The fraction of sp³-hybridized carbons (Fsp3) is 0.370. The standard InChI is InChI=1S/C27H32N4O3S/c1-29(2)25-10-4-9-24-23(25)8-5-11-26(24)35(33,34)31(21-12-13-21)22-14-16-30(17-15-22)27(32)19-6-3-7-20(28)18-19/h3-11,18,21-22H,12-17,28H2,1-2H3. The summed E-state index contributed by atoms with van der Waals surface area (Å²) in [7, 11) is 0.220. The number of sulfonamides is 1. The van der Waals surface area contributed by atoms with Crippen molar-refractivity contribution in [2.45, 2.75) is 42.7 Å². The van der Waals surface area contributed by atoms with Crippen LogP contribution in [-0.4, -0.2) is 62.8 Å². The van der Waals surface area contributed by atoms with E-state index in [1.807, 2.05) is 54.2 Å². The maximum Gasteiger partial charge on any atom is 0.253 e. The Morgan fingerprint density at radius 3 is 2.17 bits per heavy atom. The number of rotatable bonds is 6. The van der Waals surface area contributed by atoms with Gasteiger partial charge in [-0.05, 0) is 56.0 Å². The lowest BCUT2D eigenvalue weighted by Crippen LogP contribution is -2.49. The number of nitrogens with zero attached hydrogens (tertiary/aromatic N) is 3. The Bertz CT molecular complexity index is 1360. The lowest BCUT2D eigenvalue weighted by Gasteiger charge is -2.38. The van der Waals surface area contributed by atoms with Crippen molar-refractivity contribution < 1.29 is 13.2 Å². The maximum atomic E-state index is 14.1. The van der Waals surface area contributed by atoms with Gasteiger partial charge in [0.25, 0.3) is 5.91 Å². The van der Waals surface area contributed by atoms with Crippen LogP contribution in [0.1, 0.15) is 36.0 Å². The predicted molar refractivity (Wildman–Crippen MR) is 140 cm³/mol. The maximum absolute atomic E-state index is 14.1. The number of nitrogen functional groups attached to an aromatic ring is 1. The van der Waals surface area contributed by atoms with E-state index in [9.17, 15) is 13.2 Å². The Balaban J connectivity index is 1.41. The molecule has 1 amide bonds. The summed E-state index contributed by atoms with van der Waals surface area (Å²) in [6.07, 6.45) is 3.01. The predicted octanol–water partition coefficient (Wildman–Crippen LogP) is 3.95. The van der Waals surface area contributed by atoms with E-state index < -0.39 is 10.0 Å². The van der Waals surface area contributed by atoms with Crippen LogP contribution in [0.4, 0.5) is 11.4 Å². The van der Waals surface area contributed by atoms with Gasteiger partial charge in [0.15, 0.2) is 0 Å². The third kappa shape index (κ3) is 4.48. The van der Waals surface area contributed by atoms with Crippen LogP contribution in [-0.2, 0) is 10.0 Å². The minimum Gasteiger partial charge on any atom is -0.399 e. The lowest BCUT2D eigenvalue weighted by molar-refractivity contribution is 0.0676. The third-order valence-corrected chi connectivity index (χ3v) is 9.11. The molecule has 3 aromatic carbocycles. The molecule has 0 unspecified atom stereocenters. The molecule has 1 aliphatic carbocycles. The molecule has 3 aromatic rings. The zero-order chi connectivity index (χ0) is 24.7. The number of carbonyl (C=O) groups excluding carboxylic acids is 1. The van der Waals surface area contributed by atoms with Crippen LogP contribution < -0.4 is 10.6 Å². The summed E-state index contributed by atoms with van der Waals surface area (Å²) in [6.45, 7) is 1.05. The van der Waals surface area contributed by atoms with Gasteiger partial charge in [-0.15, -0.1) is 0 Å². The second-order valence-electron chi connectivity index (χ2n) is 9.74. The quantitative estimate of drug-likeness (QED) is 0.527. The molecule has 0 atom stereocenters. The summed E-state index contributed by atoms with van der Waals surface area (Å²) in [6, 6.07) is 18.3. The van der Waals surface area contributed by atoms with Crippen molar-refractivity contribution >= 4 is 38.1 Å². The van der Waals surface area contributed by atoms with Crippen molar-refractivity contribution in [2.75, 3.05) is 37.8 Å². The van der Waals surface area contributed by atoms with Gasteiger partial charge in [0.2, 0.25) is 10.0 Å². The molecule has 2 fully saturated rings. The summed E-state index contributed by atoms with van der Waals surface area (Å²) in [4.78, 5) is 17.1. The highest BCUT2D eigenvalue weighted by Crippen LogP contribution is 2.39. The van der Waals surface area contributed by atoms with Crippen molar-refractivity contribution in [2.24, 2.45) is 0 Å². The van der Waals surface area contributed by atoms with Crippen molar-refractivity contribution in [1.82, 2.24) is 9.21 Å². The van der Waals surface area contributed by atoms with Gasteiger partial charge < -0.3 is 15.5 Å². The van der Waals surface area contributed by atoms with Gasteiger partial charge >= 0.3 is 0 Å². The van der Waals surface area contributed by atoms with E-state index in [0.717, 1.165) is 29.3 Å². The summed E-state index contributed by atoms with van der Waals surface area (Å²) in [5, 5.41) is 1.68. The molecular formula is C27H32N4O3S. The first-order valence-electron chi connectivity index (χ1n) is 12.1. The number of piperidine rings is 1. The number of likely N-dealkylation sites (tertiary alicyclic amines) is 1. The Hall–Kier alpha value is -3.10. The fourth-order valence-corrected chi connectivity index (χ4v) is 7.33. The van der Waals surface area contributed by atoms with Crippen LogP contribution in [0, 0.1) is 0 Å². The molecule has 184 valence electrons. The number of fused-ring (bicyclic) bond motifs is 1. The average Bonchev–Trinajstić information content (AvgIpc) is 3.68. The van der Waals surface area contributed by atoms with Gasteiger partial charge in [0.05, 0.1) is 4.90 Å². The van der Waals surface area contributed by atoms with Crippen molar-refractivity contribution in [3.8, 4) is 0 Å². The second kappa shape index (κ2) is 9.17. The lowest BCUT2D eigenvalue weighted by atomic mass is 10.0. The average molecular weight is 493 g/mol. The molecule has 0 radical (unpaired) electrons. The molecule has 0 spiro atoms. The third-order valence-electron chi connectivity index (χ3n) is 7.05. The Morgan fingerprint density at radius 1 is 0.886 bits per heavy atom. The van der Waals surface area contributed by atoms with Gasteiger partial charge in [-0.2, -0.15) is 4.31 Å². The van der Waals surface area contributed by atoms with Crippen molar-refractivity contribution in [1.29, 1.82) is 0 Å². The summed E-state index contributed by atoms with van der Waals surface area (Å²) >= 11 is 0. The molecule has 1 saturated heterocycles. The highest BCUT2D eigenvalue weighted by Gasteiger charge is 2.44. The highest BCUT2D eigenvalue weighted by molar-refractivity contribution is 7.89. The SMILES string of the molecule is CN(C)c1cccc2c(S(=O)(=O)N(C3CC3)C3CCN(C(=O)c4cccc(N)c4)CC3)cccc12. The van der Waals surface area contributed by atoms with E-state index >= 15 is 0 Å². The first-order valence-corrected chi connectivity index (χ1v) is 13.6. The van der Waals surface area contributed by atoms with E-state index in [1.165, 1.54) is 0 Å². The van der Waals surface area contributed by atoms with Crippen molar-refractivity contribution in [3.63, 3.8) is 0 Å². The topological polar surface area (TPSA) is 87.0 Å². The Labute approximate surface area is 207 Å². The number of hydrogen-bond donors (Lipinski definition) is 1. The summed E-state index contributed by atoms with van der Waals surface area (Å²) < 4.78 is 30.0. The van der Waals surface area contributed by atoms with Crippen LogP contribution >= 0.6 is 0 Å². The monoisotopic (exact) mass is 492 g/mol. The van der Waals surface area contributed by atoms with Gasteiger partial charge in [-0.25, -0.2) is 8.42 Å². The number of carbonyl (C=O) groups is 1. The van der Waals surface area contributed by atoms with E-state index in [0.29, 0.717) is 42.1 Å². The number of amides is 1. The molecular weight excluding hydrogens is 460 g/mol. The van der Waals surface area contributed by atoms with Crippen LogP contribution in [0.2, 0.25) is 0 Å². The molecule has 0 aromatic heterocycles. The molecule has 1 saturated carbocycles. The van der Waals surface area contributed by atoms with Gasteiger partial charge in [0.1, 0.15) is 0 Å². The molecule has 5 rings (SSSR count). The molecule has 35 heavy (non-hydrogen) atoms. The van der Waals surface area contributed by atoms with Crippen LogP contribution in [0.15, 0.2) is 65.6 Å². The first-order chi connectivity index (χ1) is 16.8. The second-order valence-corrected chi connectivity index (χ2v) is 11.5. The summed E-state index contributed by atoms with van der Waals surface area (Å²) in [5.41, 5.74) is 7.97. The van der Waals surface area contributed by atoms with E-state index in [2.05, 4.69) is 0 Å². The first kappa shape index (κ1) is 23.6. The van der Waals surface area contributed by atoms with Gasteiger partial charge in [-0.3, -0.25) is 4.79 Å². The normalized spacial score (nSPS) is 17.2. The van der Waals surface area contributed by atoms with E-state index in [4.69, 9.17) is 5.73 Å². The minimum absolute atomic E-state index is 0.0356. The Kier molecular flexibility index (Phi) is 6.19. The van der Waals surface area contributed by atoms with Crippen LogP contribution in [0.5, 0.6) is 0 Å². The van der Waals surface area contributed by atoms with E-state index in [-0.39, 0.29) is 18.0 Å². The van der Waals surface area contributed by atoms with E-state index in [1.54, 1.807) is 34.6 Å². The highest BCUT2D eigenvalue weighted by atomic mass is 32.2. The molecule has 2 aliphatic rings.